The van der Waals surface area contributed by atoms with E-state index in [4.69, 9.17) is 4.74 Å². The van der Waals surface area contributed by atoms with Crippen LogP contribution in [0.15, 0.2) is 12.3 Å². The Morgan fingerprint density at radius 3 is 2.89 bits per heavy atom. The van der Waals surface area contributed by atoms with E-state index in [1.54, 1.807) is 7.11 Å². The Morgan fingerprint density at radius 2 is 2.28 bits per heavy atom. The Balaban J connectivity index is 2.17. The molecule has 1 atom stereocenters. The number of likely N-dealkylation sites (tertiary alicyclic amines) is 1. The van der Waals surface area contributed by atoms with E-state index < -0.39 is 0 Å². The number of nitrogens with zero attached hydrogens (tertiary/aromatic N) is 2. The summed E-state index contributed by atoms with van der Waals surface area (Å²) in [7, 11) is 1.68. The number of pyridine rings is 1. The fourth-order valence-electron chi connectivity index (χ4n) is 2.87. The van der Waals surface area contributed by atoms with Gasteiger partial charge in [-0.05, 0) is 43.9 Å². The lowest BCUT2D eigenvalue weighted by molar-refractivity contribution is 0.228. The van der Waals surface area contributed by atoms with Gasteiger partial charge in [-0.2, -0.15) is 0 Å². The van der Waals surface area contributed by atoms with Gasteiger partial charge < -0.3 is 4.74 Å². The van der Waals surface area contributed by atoms with Crippen molar-refractivity contribution in [2.75, 3.05) is 20.2 Å². The van der Waals surface area contributed by atoms with Gasteiger partial charge >= 0.3 is 0 Å². The molecule has 1 aliphatic rings. The van der Waals surface area contributed by atoms with Gasteiger partial charge in [0, 0.05) is 24.3 Å². The van der Waals surface area contributed by atoms with Crippen molar-refractivity contribution < 1.29 is 4.74 Å². The molecular formula is C15H24N2O. The molecule has 100 valence electrons. The van der Waals surface area contributed by atoms with E-state index in [1.807, 2.05) is 6.20 Å². The Kier molecular flexibility index (Phi) is 4.23. The minimum absolute atomic E-state index is 0.546. The highest BCUT2D eigenvalue weighted by atomic mass is 16.5. The van der Waals surface area contributed by atoms with Gasteiger partial charge in [0.2, 0.25) is 5.88 Å². The fourth-order valence-corrected chi connectivity index (χ4v) is 2.87. The maximum atomic E-state index is 5.23. The third-order valence-electron chi connectivity index (χ3n) is 3.59. The van der Waals surface area contributed by atoms with E-state index in [2.05, 4.69) is 36.7 Å². The second-order valence-electron chi connectivity index (χ2n) is 5.64. The van der Waals surface area contributed by atoms with Crippen molar-refractivity contribution in [2.24, 2.45) is 5.92 Å². The summed E-state index contributed by atoms with van der Waals surface area (Å²) in [5.41, 5.74) is 2.47. The standard InChI is InChI=1S/C15H24N2O/c1-11(2)10-17-7-5-6-14(17)13-8-12(3)15(18-4)16-9-13/h8-9,11,14H,5-7,10H2,1-4H3/t14-/m0/s1. The average molecular weight is 248 g/mol. The summed E-state index contributed by atoms with van der Waals surface area (Å²) in [5.74, 6) is 1.46. The van der Waals surface area contributed by atoms with Crippen LogP contribution in [0.5, 0.6) is 5.88 Å². The molecule has 0 spiro atoms. The SMILES string of the molecule is COc1ncc([C@@H]2CCCN2CC(C)C)cc1C. The minimum Gasteiger partial charge on any atom is -0.481 e. The molecule has 2 rings (SSSR count). The van der Waals surface area contributed by atoms with Gasteiger partial charge in [-0.25, -0.2) is 4.98 Å². The molecule has 0 amide bonds. The molecular weight excluding hydrogens is 224 g/mol. The summed E-state index contributed by atoms with van der Waals surface area (Å²) < 4.78 is 5.23. The third kappa shape index (κ3) is 2.83. The van der Waals surface area contributed by atoms with E-state index in [0.717, 1.165) is 17.4 Å². The third-order valence-corrected chi connectivity index (χ3v) is 3.59. The first-order chi connectivity index (χ1) is 8.61. The summed E-state index contributed by atoms with van der Waals surface area (Å²) in [6.07, 6.45) is 4.53. The monoisotopic (exact) mass is 248 g/mol. The van der Waals surface area contributed by atoms with Gasteiger partial charge in [-0.3, -0.25) is 4.90 Å². The van der Waals surface area contributed by atoms with Crippen LogP contribution in [0.25, 0.3) is 0 Å². The molecule has 1 fully saturated rings. The number of rotatable bonds is 4. The second kappa shape index (κ2) is 5.70. The number of aryl methyl sites for hydroxylation is 1. The van der Waals surface area contributed by atoms with E-state index in [1.165, 1.54) is 31.5 Å². The highest BCUT2D eigenvalue weighted by molar-refractivity contribution is 5.30. The zero-order valence-electron chi connectivity index (χ0n) is 11.9. The molecule has 0 saturated carbocycles. The first-order valence-corrected chi connectivity index (χ1v) is 6.86. The lowest BCUT2D eigenvalue weighted by Gasteiger charge is -2.26. The molecule has 18 heavy (non-hydrogen) atoms. The maximum Gasteiger partial charge on any atom is 0.215 e. The van der Waals surface area contributed by atoms with Crippen LogP contribution in [0.2, 0.25) is 0 Å². The summed E-state index contributed by atoms with van der Waals surface area (Å²) in [6.45, 7) is 9.03. The second-order valence-corrected chi connectivity index (χ2v) is 5.64. The van der Waals surface area contributed by atoms with Crippen LogP contribution < -0.4 is 4.74 Å². The van der Waals surface area contributed by atoms with Crippen LogP contribution in [0.4, 0.5) is 0 Å². The van der Waals surface area contributed by atoms with Crippen molar-refractivity contribution in [1.82, 2.24) is 9.88 Å². The molecule has 1 aromatic rings. The zero-order valence-corrected chi connectivity index (χ0v) is 11.9. The smallest absolute Gasteiger partial charge is 0.215 e. The first-order valence-electron chi connectivity index (χ1n) is 6.86. The normalized spacial score (nSPS) is 20.6. The van der Waals surface area contributed by atoms with Crippen molar-refractivity contribution in [3.05, 3.63) is 23.4 Å². The number of ether oxygens (including phenoxy) is 1. The van der Waals surface area contributed by atoms with Gasteiger partial charge in [0.25, 0.3) is 0 Å². The topological polar surface area (TPSA) is 25.4 Å². The van der Waals surface area contributed by atoms with Gasteiger partial charge in [-0.15, -0.1) is 0 Å². The number of hydrogen-bond acceptors (Lipinski definition) is 3. The lowest BCUT2D eigenvalue weighted by Crippen LogP contribution is -2.27. The Hall–Kier alpha value is -1.09. The fraction of sp³-hybridized carbons (Fsp3) is 0.667. The lowest BCUT2D eigenvalue weighted by atomic mass is 10.0. The van der Waals surface area contributed by atoms with E-state index in [9.17, 15) is 0 Å². The molecule has 0 bridgehead atoms. The predicted molar refractivity (Wildman–Crippen MR) is 73.9 cm³/mol. The van der Waals surface area contributed by atoms with Gasteiger partial charge in [0.05, 0.1) is 7.11 Å². The molecule has 2 heterocycles. The first kappa shape index (κ1) is 13.3. The molecule has 0 aromatic carbocycles. The molecule has 0 N–H and O–H groups in total. The molecule has 1 aromatic heterocycles. The van der Waals surface area contributed by atoms with Crippen LogP contribution in [0.1, 0.15) is 43.9 Å². The van der Waals surface area contributed by atoms with Crippen LogP contribution in [0.3, 0.4) is 0 Å². The van der Waals surface area contributed by atoms with E-state index >= 15 is 0 Å². The van der Waals surface area contributed by atoms with Crippen LogP contribution in [-0.2, 0) is 0 Å². The Morgan fingerprint density at radius 1 is 1.50 bits per heavy atom. The molecule has 1 saturated heterocycles. The zero-order chi connectivity index (χ0) is 13.1. The molecule has 1 aliphatic heterocycles. The number of methoxy groups -OCH3 is 1. The number of aromatic nitrogens is 1. The number of hydrogen-bond donors (Lipinski definition) is 0. The summed E-state index contributed by atoms with van der Waals surface area (Å²) in [4.78, 5) is 7.00. The maximum absolute atomic E-state index is 5.23. The van der Waals surface area contributed by atoms with E-state index in [0.29, 0.717) is 6.04 Å². The van der Waals surface area contributed by atoms with Crippen LogP contribution in [0, 0.1) is 12.8 Å². The van der Waals surface area contributed by atoms with Gasteiger partial charge in [0.1, 0.15) is 0 Å². The van der Waals surface area contributed by atoms with Crippen molar-refractivity contribution >= 4 is 0 Å². The minimum atomic E-state index is 0.546. The van der Waals surface area contributed by atoms with Gasteiger partial charge in [0.15, 0.2) is 0 Å². The molecule has 0 radical (unpaired) electrons. The van der Waals surface area contributed by atoms with Crippen molar-refractivity contribution in [1.29, 1.82) is 0 Å². The molecule has 0 aliphatic carbocycles. The Bertz CT molecular complexity index is 403. The van der Waals surface area contributed by atoms with Crippen molar-refractivity contribution in [2.45, 2.75) is 39.7 Å². The molecule has 3 nitrogen and oxygen atoms in total. The summed E-state index contributed by atoms with van der Waals surface area (Å²) >= 11 is 0. The van der Waals surface area contributed by atoms with Crippen molar-refractivity contribution in [3.63, 3.8) is 0 Å². The highest BCUT2D eigenvalue weighted by Crippen LogP contribution is 2.33. The van der Waals surface area contributed by atoms with Gasteiger partial charge in [-0.1, -0.05) is 13.8 Å². The van der Waals surface area contributed by atoms with E-state index in [-0.39, 0.29) is 0 Å². The Labute approximate surface area is 110 Å². The average Bonchev–Trinajstić information content (AvgIpc) is 2.76. The summed E-state index contributed by atoms with van der Waals surface area (Å²) in [5, 5.41) is 0. The van der Waals surface area contributed by atoms with Crippen LogP contribution >= 0.6 is 0 Å². The van der Waals surface area contributed by atoms with Crippen molar-refractivity contribution in [3.8, 4) is 5.88 Å². The summed E-state index contributed by atoms with van der Waals surface area (Å²) in [6, 6.07) is 2.78. The van der Waals surface area contributed by atoms with Crippen LogP contribution in [-0.4, -0.2) is 30.1 Å². The highest BCUT2D eigenvalue weighted by Gasteiger charge is 2.26. The quantitative estimate of drug-likeness (QED) is 0.818. The molecule has 3 heteroatoms. The largest absolute Gasteiger partial charge is 0.481 e. The predicted octanol–water partition coefficient (Wildman–Crippen LogP) is 3.19. The molecule has 0 unspecified atom stereocenters.